The number of hydrogen-bond acceptors (Lipinski definition) is 4. The number of carboxylic acids is 1. The summed E-state index contributed by atoms with van der Waals surface area (Å²) in [5.74, 6) is -0.327. The van der Waals surface area contributed by atoms with Crippen LogP contribution >= 0.6 is 0 Å². The number of amidine groups is 1. The molecule has 2 aromatic carbocycles. The standard InChI is InChI=1S/C22H28N4O2/c1-3-22(21(27)28,25-17-10-8-16(9-11-17)20(23)24)18-6-4-5-7-19(18)26-13-12-15(2)14-26/h4-11,15,25H,3,12-14H2,1-2H3,(H3,23,24)(H,27,28). The summed E-state index contributed by atoms with van der Waals surface area (Å²) >= 11 is 0. The van der Waals surface area contributed by atoms with E-state index in [0.29, 0.717) is 23.6 Å². The molecule has 1 heterocycles. The van der Waals surface area contributed by atoms with Crippen LogP contribution in [0.4, 0.5) is 11.4 Å². The first-order chi connectivity index (χ1) is 13.4. The normalized spacial score (nSPS) is 18.5. The SMILES string of the molecule is CCC(Nc1ccc(C(=N)N)cc1)(C(=O)O)c1ccccc1N1CCC(C)C1. The summed E-state index contributed by atoms with van der Waals surface area (Å²) in [4.78, 5) is 14.8. The minimum Gasteiger partial charge on any atom is -0.479 e. The molecule has 3 rings (SSSR count). The molecule has 0 saturated carbocycles. The second-order valence-corrected chi connectivity index (χ2v) is 7.54. The summed E-state index contributed by atoms with van der Waals surface area (Å²) in [7, 11) is 0. The number of nitrogen functional groups attached to an aromatic ring is 1. The molecule has 6 nitrogen and oxygen atoms in total. The summed E-state index contributed by atoms with van der Waals surface area (Å²) in [6, 6.07) is 14.8. The average molecular weight is 380 g/mol. The van der Waals surface area contributed by atoms with Crippen LogP contribution in [-0.4, -0.2) is 30.0 Å². The highest BCUT2D eigenvalue weighted by Gasteiger charge is 2.41. The first-order valence-electron chi connectivity index (χ1n) is 9.68. The Kier molecular flexibility index (Phi) is 5.58. The Morgan fingerprint density at radius 1 is 1.29 bits per heavy atom. The number of para-hydroxylation sites is 1. The van der Waals surface area contributed by atoms with Gasteiger partial charge < -0.3 is 21.1 Å². The Hall–Kier alpha value is -3.02. The van der Waals surface area contributed by atoms with E-state index in [2.05, 4.69) is 17.1 Å². The summed E-state index contributed by atoms with van der Waals surface area (Å²) in [6.45, 7) is 5.98. The van der Waals surface area contributed by atoms with Gasteiger partial charge in [-0.15, -0.1) is 0 Å². The fourth-order valence-corrected chi connectivity index (χ4v) is 3.91. The molecule has 148 valence electrons. The van der Waals surface area contributed by atoms with E-state index in [9.17, 15) is 9.90 Å². The van der Waals surface area contributed by atoms with Crippen LogP contribution in [0, 0.1) is 11.3 Å². The molecule has 5 N–H and O–H groups in total. The molecule has 0 bridgehead atoms. The Labute approximate surface area is 165 Å². The second kappa shape index (κ2) is 7.92. The third-order valence-electron chi connectivity index (χ3n) is 5.58. The van der Waals surface area contributed by atoms with Crippen molar-refractivity contribution in [3.8, 4) is 0 Å². The molecule has 0 amide bonds. The number of nitrogens with two attached hydrogens (primary N) is 1. The molecule has 1 aliphatic rings. The molecule has 1 saturated heterocycles. The van der Waals surface area contributed by atoms with Gasteiger partial charge in [0.1, 0.15) is 5.84 Å². The van der Waals surface area contributed by atoms with Crippen LogP contribution in [0.1, 0.15) is 37.8 Å². The maximum absolute atomic E-state index is 12.5. The third kappa shape index (κ3) is 3.67. The van der Waals surface area contributed by atoms with Crippen LogP contribution < -0.4 is 16.0 Å². The maximum Gasteiger partial charge on any atom is 0.334 e. The lowest BCUT2D eigenvalue weighted by Crippen LogP contribution is -2.44. The van der Waals surface area contributed by atoms with E-state index in [4.69, 9.17) is 11.1 Å². The molecule has 6 heteroatoms. The molecule has 28 heavy (non-hydrogen) atoms. The van der Waals surface area contributed by atoms with Crippen molar-refractivity contribution in [2.75, 3.05) is 23.3 Å². The summed E-state index contributed by atoms with van der Waals surface area (Å²) in [6.07, 6.45) is 1.50. The molecule has 0 aromatic heterocycles. The second-order valence-electron chi connectivity index (χ2n) is 7.54. The van der Waals surface area contributed by atoms with Crippen molar-refractivity contribution < 1.29 is 9.90 Å². The molecule has 2 atom stereocenters. The molecule has 0 radical (unpaired) electrons. The van der Waals surface area contributed by atoms with E-state index in [0.717, 1.165) is 30.8 Å². The zero-order valence-electron chi connectivity index (χ0n) is 16.4. The van der Waals surface area contributed by atoms with Crippen molar-refractivity contribution >= 4 is 23.2 Å². The molecule has 1 aliphatic heterocycles. The van der Waals surface area contributed by atoms with Crippen LogP contribution in [0.15, 0.2) is 48.5 Å². The van der Waals surface area contributed by atoms with E-state index in [1.165, 1.54) is 0 Å². The molecule has 2 unspecified atom stereocenters. The summed E-state index contributed by atoms with van der Waals surface area (Å²) in [5, 5.41) is 21.0. The van der Waals surface area contributed by atoms with Gasteiger partial charge >= 0.3 is 5.97 Å². The maximum atomic E-state index is 12.5. The van der Waals surface area contributed by atoms with E-state index in [-0.39, 0.29) is 5.84 Å². The van der Waals surface area contributed by atoms with Gasteiger partial charge in [-0.2, -0.15) is 0 Å². The van der Waals surface area contributed by atoms with Crippen molar-refractivity contribution in [1.29, 1.82) is 5.41 Å². The van der Waals surface area contributed by atoms with Gasteiger partial charge in [-0.25, -0.2) is 4.79 Å². The first kappa shape index (κ1) is 19.7. The quantitative estimate of drug-likeness (QED) is 0.434. The predicted octanol–water partition coefficient (Wildman–Crippen LogP) is 3.62. The van der Waals surface area contributed by atoms with Gasteiger partial charge in [0, 0.05) is 35.6 Å². The van der Waals surface area contributed by atoms with Gasteiger partial charge in [0.05, 0.1) is 0 Å². The van der Waals surface area contributed by atoms with Crippen LogP contribution in [0.5, 0.6) is 0 Å². The van der Waals surface area contributed by atoms with Crippen molar-refractivity contribution in [1.82, 2.24) is 0 Å². The largest absolute Gasteiger partial charge is 0.479 e. The summed E-state index contributed by atoms with van der Waals surface area (Å²) in [5.41, 5.74) is 7.31. The van der Waals surface area contributed by atoms with Crippen molar-refractivity contribution in [3.63, 3.8) is 0 Å². The Morgan fingerprint density at radius 3 is 2.50 bits per heavy atom. The van der Waals surface area contributed by atoms with Crippen LogP contribution in [-0.2, 0) is 10.3 Å². The first-order valence-corrected chi connectivity index (χ1v) is 9.68. The number of carboxylic acid groups (broad SMARTS) is 1. The highest BCUT2D eigenvalue weighted by molar-refractivity contribution is 5.95. The van der Waals surface area contributed by atoms with Gasteiger partial charge in [0.25, 0.3) is 0 Å². The molecule has 2 aromatic rings. The Balaban J connectivity index is 2.03. The highest BCUT2D eigenvalue weighted by atomic mass is 16.4. The van der Waals surface area contributed by atoms with Crippen molar-refractivity contribution in [2.45, 2.75) is 32.2 Å². The topological polar surface area (TPSA) is 102 Å². The van der Waals surface area contributed by atoms with Crippen molar-refractivity contribution in [3.05, 3.63) is 59.7 Å². The van der Waals surface area contributed by atoms with E-state index < -0.39 is 11.5 Å². The number of nitrogens with one attached hydrogen (secondary N) is 2. The lowest BCUT2D eigenvalue weighted by atomic mass is 9.85. The zero-order chi connectivity index (χ0) is 20.3. The van der Waals surface area contributed by atoms with Crippen molar-refractivity contribution in [2.24, 2.45) is 11.7 Å². The molecule has 0 aliphatic carbocycles. The number of carbonyl (C=O) groups is 1. The lowest BCUT2D eigenvalue weighted by Gasteiger charge is -2.35. The molecular formula is C22H28N4O2. The highest BCUT2D eigenvalue weighted by Crippen LogP contribution is 2.38. The fraction of sp³-hybridized carbons (Fsp3) is 0.364. The van der Waals surface area contributed by atoms with Crippen LogP contribution in [0.2, 0.25) is 0 Å². The zero-order valence-corrected chi connectivity index (χ0v) is 16.4. The van der Waals surface area contributed by atoms with E-state index >= 15 is 0 Å². The number of nitrogens with zero attached hydrogens (tertiary/aromatic N) is 1. The predicted molar refractivity (Wildman–Crippen MR) is 113 cm³/mol. The number of benzene rings is 2. The Bertz CT molecular complexity index is 865. The number of rotatable bonds is 7. The monoisotopic (exact) mass is 380 g/mol. The van der Waals surface area contributed by atoms with Crippen LogP contribution in [0.25, 0.3) is 0 Å². The van der Waals surface area contributed by atoms with Crippen LogP contribution in [0.3, 0.4) is 0 Å². The minimum absolute atomic E-state index is 0.0139. The molecule has 0 spiro atoms. The van der Waals surface area contributed by atoms with Gasteiger partial charge in [0.15, 0.2) is 5.54 Å². The van der Waals surface area contributed by atoms with E-state index in [1.807, 2.05) is 31.2 Å². The number of hydrogen-bond donors (Lipinski definition) is 4. The lowest BCUT2D eigenvalue weighted by molar-refractivity contribution is -0.142. The van der Waals surface area contributed by atoms with Gasteiger partial charge in [-0.3, -0.25) is 5.41 Å². The minimum atomic E-state index is -1.25. The average Bonchev–Trinajstić information content (AvgIpc) is 3.12. The molecule has 1 fully saturated rings. The van der Waals surface area contributed by atoms with Gasteiger partial charge in [-0.05, 0) is 49.1 Å². The fourth-order valence-electron chi connectivity index (χ4n) is 3.91. The van der Waals surface area contributed by atoms with Gasteiger partial charge in [-0.1, -0.05) is 32.0 Å². The Morgan fingerprint density at radius 2 is 1.96 bits per heavy atom. The van der Waals surface area contributed by atoms with Gasteiger partial charge in [0.2, 0.25) is 0 Å². The van der Waals surface area contributed by atoms with E-state index in [1.54, 1.807) is 24.3 Å². The summed E-state index contributed by atoms with van der Waals surface area (Å²) < 4.78 is 0. The number of anilines is 2. The molecular weight excluding hydrogens is 352 g/mol. The third-order valence-corrected chi connectivity index (χ3v) is 5.58. The number of aliphatic carboxylic acids is 1. The smallest absolute Gasteiger partial charge is 0.334 e.